The number of hydrogen-bond donors (Lipinski definition) is 1. The summed E-state index contributed by atoms with van der Waals surface area (Å²) in [4.78, 5) is 6.61. The normalized spacial score (nSPS) is 13.0. The Balaban J connectivity index is 3.99. The molecule has 0 aromatic rings. The third-order valence-corrected chi connectivity index (χ3v) is 1.99. The van der Waals surface area contributed by atoms with Gasteiger partial charge in [-0.3, -0.25) is 0 Å². The molecule has 0 atom stereocenters. The van der Waals surface area contributed by atoms with Gasteiger partial charge in [0.05, 0.1) is 6.61 Å². The van der Waals surface area contributed by atoms with E-state index in [1.54, 1.807) is 0 Å². The number of ether oxygens (including phenoxy) is 1. The Morgan fingerprint density at radius 2 is 1.94 bits per heavy atom. The number of nitrogens with zero attached hydrogens (tertiary/aromatic N) is 2. The van der Waals surface area contributed by atoms with Crippen LogP contribution >= 0.6 is 0 Å². The molecule has 0 heterocycles. The molecule has 0 aromatic carbocycles. The molecule has 0 unspecified atom stereocenters. The number of hydrogen-bond acceptors (Lipinski definition) is 3. The molecule has 0 aliphatic rings. The van der Waals surface area contributed by atoms with Crippen molar-refractivity contribution >= 4 is 6.02 Å². The SMILES string of the molecule is CCNC(=NCCCN(C)C)OCC(C)(C)C. The van der Waals surface area contributed by atoms with E-state index in [1.165, 1.54) is 0 Å². The molecule has 0 fully saturated rings. The summed E-state index contributed by atoms with van der Waals surface area (Å²) in [6.45, 7) is 11.9. The van der Waals surface area contributed by atoms with Gasteiger partial charge in [0.2, 0.25) is 0 Å². The minimum atomic E-state index is 0.166. The van der Waals surface area contributed by atoms with E-state index in [-0.39, 0.29) is 5.41 Å². The quantitative estimate of drug-likeness (QED) is 0.440. The van der Waals surface area contributed by atoms with Crippen molar-refractivity contribution in [1.29, 1.82) is 0 Å². The molecule has 0 amide bonds. The van der Waals surface area contributed by atoms with E-state index in [4.69, 9.17) is 4.74 Å². The van der Waals surface area contributed by atoms with Crippen LogP contribution in [0.3, 0.4) is 0 Å². The minimum Gasteiger partial charge on any atom is -0.465 e. The minimum absolute atomic E-state index is 0.166. The molecule has 0 bridgehead atoms. The topological polar surface area (TPSA) is 36.9 Å². The van der Waals surface area contributed by atoms with Crippen LogP contribution in [-0.4, -0.2) is 51.3 Å². The third kappa shape index (κ3) is 11.5. The van der Waals surface area contributed by atoms with E-state index in [2.05, 4.69) is 57.0 Å². The first-order valence-electron chi connectivity index (χ1n) is 6.41. The van der Waals surface area contributed by atoms with Gasteiger partial charge in [0.15, 0.2) is 0 Å². The summed E-state index contributed by atoms with van der Waals surface area (Å²) >= 11 is 0. The molecule has 102 valence electrons. The Bertz CT molecular complexity index is 219. The van der Waals surface area contributed by atoms with Crippen molar-refractivity contribution < 1.29 is 4.74 Å². The highest BCUT2D eigenvalue weighted by Gasteiger charge is 2.12. The summed E-state index contributed by atoms with van der Waals surface area (Å²) in [6, 6.07) is 0.682. The van der Waals surface area contributed by atoms with Crippen molar-refractivity contribution in [2.45, 2.75) is 34.1 Å². The zero-order valence-corrected chi connectivity index (χ0v) is 12.3. The smallest absolute Gasteiger partial charge is 0.284 e. The van der Waals surface area contributed by atoms with Gasteiger partial charge < -0.3 is 15.0 Å². The molecule has 17 heavy (non-hydrogen) atoms. The fraction of sp³-hybridized carbons (Fsp3) is 0.923. The summed E-state index contributed by atoms with van der Waals surface area (Å²) in [5, 5.41) is 3.16. The van der Waals surface area contributed by atoms with E-state index in [0.717, 1.165) is 26.1 Å². The molecule has 1 N–H and O–H groups in total. The fourth-order valence-corrected chi connectivity index (χ4v) is 1.16. The predicted molar refractivity (Wildman–Crippen MR) is 74.6 cm³/mol. The zero-order valence-electron chi connectivity index (χ0n) is 12.3. The molecule has 4 heteroatoms. The lowest BCUT2D eigenvalue weighted by atomic mass is 9.99. The first-order valence-corrected chi connectivity index (χ1v) is 6.41. The largest absolute Gasteiger partial charge is 0.465 e. The van der Waals surface area contributed by atoms with Gasteiger partial charge >= 0.3 is 0 Å². The van der Waals surface area contributed by atoms with Crippen LogP contribution in [0.2, 0.25) is 0 Å². The standard InChI is InChI=1S/C13H29N3O/c1-7-14-12(17-11-13(2,3)4)15-9-8-10-16(5)6/h7-11H2,1-6H3,(H,14,15). The number of aliphatic imine (C=N–C) groups is 1. The average molecular weight is 243 g/mol. The molecule has 0 saturated carbocycles. The van der Waals surface area contributed by atoms with Crippen LogP contribution in [0.25, 0.3) is 0 Å². The van der Waals surface area contributed by atoms with Crippen molar-refractivity contribution in [2.24, 2.45) is 10.4 Å². The molecular formula is C13H29N3O. The second-order valence-electron chi connectivity index (χ2n) is 5.72. The number of nitrogens with one attached hydrogen (secondary N) is 1. The van der Waals surface area contributed by atoms with Crippen molar-refractivity contribution in [3.8, 4) is 0 Å². The first-order chi connectivity index (χ1) is 7.85. The van der Waals surface area contributed by atoms with E-state index in [1.807, 2.05) is 0 Å². The maximum Gasteiger partial charge on any atom is 0.284 e. The molecule has 0 aliphatic heterocycles. The lowest BCUT2D eigenvalue weighted by Crippen LogP contribution is -2.30. The maximum absolute atomic E-state index is 5.68. The fourth-order valence-electron chi connectivity index (χ4n) is 1.16. The second-order valence-corrected chi connectivity index (χ2v) is 5.72. The molecule has 0 radical (unpaired) electrons. The van der Waals surface area contributed by atoms with Crippen LogP contribution in [-0.2, 0) is 4.74 Å². The Hall–Kier alpha value is -0.770. The highest BCUT2D eigenvalue weighted by molar-refractivity contribution is 5.73. The van der Waals surface area contributed by atoms with Crippen molar-refractivity contribution in [3.05, 3.63) is 0 Å². The lowest BCUT2D eigenvalue weighted by molar-refractivity contribution is 0.179. The van der Waals surface area contributed by atoms with Crippen LogP contribution in [0.1, 0.15) is 34.1 Å². The van der Waals surface area contributed by atoms with Crippen LogP contribution in [0.15, 0.2) is 4.99 Å². The van der Waals surface area contributed by atoms with Crippen LogP contribution in [0.5, 0.6) is 0 Å². The monoisotopic (exact) mass is 243 g/mol. The van der Waals surface area contributed by atoms with Crippen LogP contribution in [0, 0.1) is 5.41 Å². The molecular weight excluding hydrogens is 214 g/mol. The summed E-state index contributed by atoms with van der Waals surface area (Å²) in [5.41, 5.74) is 0.166. The van der Waals surface area contributed by atoms with Crippen molar-refractivity contribution in [1.82, 2.24) is 10.2 Å². The van der Waals surface area contributed by atoms with Crippen LogP contribution in [0.4, 0.5) is 0 Å². The van der Waals surface area contributed by atoms with Gasteiger partial charge in [0, 0.05) is 13.1 Å². The Labute approximate surface area is 106 Å². The predicted octanol–water partition coefficient (Wildman–Crippen LogP) is 1.97. The molecule has 0 aromatic heterocycles. The number of rotatable bonds is 6. The second kappa shape index (κ2) is 8.34. The highest BCUT2D eigenvalue weighted by atomic mass is 16.5. The molecule has 4 nitrogen and oxygen atoms in total. The number of amidine groups is 1. The zero-order chi connectivity index (χ0) is 13.3. The molecule has 0 saturated heterocycles. The van der Waals surface area contributed by atoms with E-state index in [0.29, 0.717) is 12.6 Å². The van der Waals surface area contributed by atoms with E-state index >= 15 is 0 Å². The van der Waals surface area contributed by atoms with E-state index < -0.39 is 0 Å². The highest BCUT2D eigenvalue weighted by Crippen LogP contribution is 2.12. The summed E-state index contributed by atoms with van der Waals surface area (Å²) in [5.74, 6) is 0. The summed E-state index contributed by atoms with van der Waals surface area (Å²) in [6.07, 6.45) is 1.06. The third-order valence-electron chi connectivity index (χ3n) is 1.99. The van der Waals surface area contributed by atoms with Crippen molar-refractivity contribution in [2.75, 3.05) is 40.3 Å². The Kier molecular flexibility index (Phi) is 7.96. The van der Waals surface area contributed by atoms with Gasteiger partial charge in [-0.05, 0) is 39.4 Å². The molecule has 0 spiro atoms. The molecule has 0 aliphatic carbocycles. The Morgan fingerprint density at radius 3 is 2.41 bits per heavy atom. The Morgan fingerprint density at radius 1 is 1.29 bits per heavy atom. The lowest BCUT2D eigenvalue weighted by Gasteiger charge is -2.20. The van der Waals surface area contributed by atoms with Gasteiger partial charge in [0.25, 0.3) is 6.02 Å². The van der Waals surface area contributed by atoms with Gasteiger partial charge in [-0.2, -0.15) is 0 Å². The van der Waals surface area contributed by atoms with Gasteiger partial charge in [-0.25, -0.2) is 4.99 Å². The van der Waals surface area contributed by atoms with Gasteiger partial charge in [-0.15, -0.1) is 0 Å². The average Bonchev–Trinajstić information content (AvgIpc) is 2.19. The van der Waals surface area contributed by atoms with Crippen LogP contribution < -0.4 is 5.32 Å². The summed E-state index contributed by atoms with van der Waals surface area (Å²) in [7, 11) is 4.15. The maximum atomic E-state index is 5.68. The first kappa shape index (κ1) is 16.2. The van der Waals surface area contributed by atoms with Crippen molar-refractivity contribution in [3.63, 3.8) is 0 Å². The molecule has 0 rings (SSSR count). The summed E-state index contributed by atoms with van der Waals surface area (Å²) < 4.78 is 5.68. The van der Waals surface area contributed by atoms with Gasteiger partial charge in [0.1, 0.15) is 0 Å². The van der Waals surface area contributed by atoms with Gasteiger partial charge in [-0.1, -0.05) is 20.8 Å². The van der Waals surface area contributed by atoms with E-state index in [9.17, 15) is 0 Å².